The van der Waals surface area contributed by atoms with Crippen LogP contribution in [0.2, 0.25) is 0 Å². The molecule has 1 rings (SSSR count). The van der Waals surface area contributed by atoms with Gasteiger partial charge in [0.2, 0.25) is 5.91 Å². The van der Waals surface area contributed by atoms with Crippen LogP contribution < -0.4 is 11.1 Å². The van der Waals surface area contributed by atoms with E-state index in [1.165, 1.54) is 10.9 Å². The van der Waals surface area contributed by atoms with E-state index in [1.807, 2.05) is 6.92 Å². The molecule has 0 unspecified atom stereocenters. The molecule has 0 fully saturated rings. The van der Waals surface area contributed by atoms with Crippen molar-refractivity contribution < 1.29 is 10.0 Å². The highest BCUT2D eigenvalue weighted by molar-refractivity contribution is 6.04. The first-order valence-corrected chi connectivity index (χ1v) is 4.89. The molecule has 1 aromatic heterocycles. The van der Waals surface area contributed by atoms with Crippen molar-refractivity contribution in [3.63, 3.8) is 0 Å². The zero-order chi connectivity index (χ0) is 12.1. The first-order chi connectivity index (χ1) is 7.60. The lowest BCUT2D eigenvalue weighted by Gasteiger charge is -2.06. The highest BCUT2D eigenvalue weighted by Gasteiger charge is 2.14. The van der Waals surface area contributed by atoms with E-state index in [0.717, 1.165) is 6.42 Å². The van der Waals surface area contributed by atoms with Gasteiger partial charge in [-0.15, -0.1) is 0 Å². The molecule has 16 heavy (non-hydrogen) atoms. The number of oxime groups is 1. The van der Waals surface area contributed by atoms with Crippen molar-refractivity contribution in [1.29, 1.82) is 0 Å². The number of nitrogens with two attached hydrogens (primary N) is 1. The molecular formula is C9H15N5O2. The van der Waals surface area contributed by atoms with Gasteiger partial charge in [-0.2, -0.15) is 5.10 Å². The van der Waals surface area contributed by atoms with Gasteiger partial charge in [0, 0.05) is 13.5 Å². The van der Waals surface area contributed by atoms with Gasteiger partial charge in [-0.25, -0.2) is 0 Å². The molecule has 0 aliphatic carbocycles. The molecule has 1 heterocycles. The summed E-state index contributed by atoms with van der Waals surface area (Å²) >= 11 is 0. The van der Waals surface area contributed by atoms with Crippen LogP contribution in [0.15, 0.2) is 11.4 Å². The summed E-state index contributed by atoms with van der Waals surface area (Å²) in [6.45, 7) is 1.91. The SMILES string of the molecule is CCCC(=O)Nc1c(C(N)=NO)cnn1C. The number of hydrogen-bond acceptors (Lipinski definition) is 4. The molecule has 0 aliphatic rings. The van der Waals surface area contributed by atoms with Crippen LogP contribution in [-0.2, 0) is 11.8 Å². The monoisotopic (exact) mass is 225 g/mol. The van der Waals surface area contributed by atoms with E-state index in [-0.39, 0.29) is 11.7 Å². The largest absolute Gasteiger partial charge is 0.409 e. The van der Waals surface area contributed by atoms with Crippen molar-refractivity contribution in [3.8, 4) is 0 Å². The molecule has 0 saturated heterocycles. The molecule has 1 amide bonds. The molecule has 0 aromatic carbocycles. The number of amidine groups is 1. The highest BCUT2D eigenvalue weighted by Crippen LogP contribution is 2.14. The number of nitrogens with zero attached hydrogens (tertiary/aromatic N) is 3. The summed E-state index contributed by atoms with van der Waals surface area (Å²) < 4.78 is 1.46. The Morgan fingerprint density at radius 1 is 1.75 bits per heavy atom. The van der Waals surface area contributed by atoms with E-state index in [0.29, 0.717) is 17.8 Å². The Balaban J connectivity index is 2.94. The molecule has 0 atom stereocenters. The predicted octanol–water partition coefficient (Wildman–Crippen LogP) is 0.253. The number of amides is 1. The Labute approximate surface area is 92.9 Å². The van der Waals surface area contributed by atoms with Crippen LogP contribution in [-0.4, -0.2) is 26.7 Å². The Morgan fingerprint density at radius 3 is 3.00 bits per heavy atom. The van der Waals surface area contributed by atoms with Crippen molar-refractivity contribution in [1.82, 2.24) is 9.78 Å². The van der Waals surface area contributed by atoms with Crippen LogP contribution in [0.5, 0.6) is 0 Å². The molecule has 7 heteroatoms. The standard InChI is InChI=1S/C9H15N5O2/c1-3-4-7(15)12-9-6(8(10)13-16)5-11-14(9)2/h5,16H,3-4H2,1-2H3,(H2,10,13)(H,12,15). The van der Waals surface area contributed by atoms with Crippen LogP contribution in [0.4, 0.5) is 5.82 Å². The maximum absolute atomic E-state index is 11.4. The van der Waals surface area contributed by atoms with Gasteiger partial charge in [0.05, 0.1) is 11.8 Å². The average molecular weight is 225 g/mol. The van der Waals surface area contributed by atoms with Crippen LogP contribution in [0.3, 0.4) is 0 Å². The fourth-order valence-corrected chi connectivity index (χ4v) is 1.25. The molecule has 0 aliphatic heterocycles. The maximum atomic E-state index is 11.4. The normalized spacial score (nSPS) is 11.5. The molecule has 1 aromatic rings. The quantitative estimate of drug-likeness (QED) is 0.295. The van der Waals surface area contributed by atoms with Gasteiger partial charge in [-0.1, -0.05) is 12.1 Å². The average Bonchev–Trinajstić information content (AvgIpc) is 2.60. The number of anilines is 1. The van der Waals surface area contributed by atoms with Crippen LogP contribution in [0.1, 0.15) is 25.3 Å². The van der Waals surface area contributed by atoms with Gasteiger partial charge < -0.3 is 16.3 Å². The van der Waals surface area contributed by atoms with Crippen molar-refractivity contribution >= 4 is 17.6 Å². The van der Waals surface area contributed by atoms with Gasteiger partial charge in [0.15, 0.2) is 5.84 Å². The smallest absolute Gasteiger partial charge is 0.225 e. The van der Waals surface area contributed by atoms with Gasteiger partial charge in [-0.05, 0) is 6.42 Å². The molecule has 0 spiro atoms. The highest BCUT2D eigenvalue weighted by atomic mass is 16.4. The van der Waals surface area contributed by atoms with E-state index in [2.05, 4.69) is 15.6 Å². The predicted molar refractivity (Wildman–Crippen MR) is 59.3 cm³/mol. The number of carbonyl (C=O) groups excluding carboxylic acids is 1. The molecule has 0 bridgehead atoms. The van der Waals surface area contributed by atoms with E-state index in [1.54, 1.807) is 7.05 Å². The zero-order valence-electron chi connectivity index (χ0n) is 9.27. The molecule has 7 nitrogen and oxygen atoms in total. The number of hydrogen-bond donors (Lipinski definition) is 3. The summed E-state index contributed by atoms with van der Waals surface area (Å²) in [6, 6.07) is 0. The fraction of sp³-hybridized carbons (Fsp3) is 0.444. The number of nitrogens with one attached hydrogen (secondary N) is 1. The second kappa shape index (κ2) is 5.15. The molecule has 4 N–H and O–H groups in total. The number of aryl methyl sites for hydroxylation is 1. The van der Waals surface area contributed by atoms with Crippen LogP contribution >= 0.6 is 0 Å². The summed E-state index contributed by atoms with van der Waals surface area (Å²) in [5.74, 6) is 0.215. The Morgan fingerprint density at radius 2 is 2.44 bits per heavy atom. The van der Waals surface area contributed by atoms with E-state index in [9.17, 15) is 4.79 Å². The van der Waals surface area contributed by atoms with Crippen LogP contribution in [0, 0.1) is 0 Å². The summed E-state index contributed by atoms with van der Waals surface area (Å²) in [5.41, 5.74) is 5.85. The Kier molecular flexibility index (Phi) is 3.87. The minimum atomic E-state index is -0.127. The number of aromatic nitrogens is 2. The second-order valence-corrected chi connectivity index (χ2v) is 3.31. The fourth-order valence-electron chi connectivity index (χ4n) is 1.25. The minimum Gasteiger partial charge on any atom is -0.409 e. The molecule has 88 valence electrons. The minimum absolute atomic E-state index is 0.0834. The summed E-state index contributed by atoms with van der Waals surface area (Å²) in [6.07, 6.45) is 2.60. The first kappa shape index (κ1) is 12.0. The lowest BCUT2D eigenvalue weighted by Crippen LogP contribution is -2.19. The number of carbonyl (C=O) groups is 1. The Bertz CT molecular complexity index is 410. The van der Waals surface area contributed by atoms with Crippen molar-refractivity contribution in [2.45, 2.75) is 19.8 Å². The van der Waals surface area contributed by atoms with Gasteiger partial charge in [-0.3, -0.25) is 9.48 Å². The Hall–Kier alpha value is -2.05. The maximum Gasteiger partial charge on any atom is 0.225 e. The number of rotatable bonds is 4. The van der Waals surface area contributed by atoms with Crippen molar-refractivity contribution in [2.24, 2.45) is 17.9 Å². The summed E-state index contributed by atoms with van der Waals surface area (Å²) in [5, 5.41) is 18.0. The molecular weight excluding hydrogens is 210 g/mol. The van der Waals surface area contributed by atoms with Crippen molar-refractivity contribution in [2.75, 3.05) is 5.32 Å². The van der Waals surface area contributed by atoms with E-state index >= 15 is 0 Å². The van der Waals surface area contributed by atoms with Gasteiger partial charge in [0.25, 0.3) is 0 Å². The third kappa shape index (κ3) is 2.50. The third-order valence-electron chi connectivity index (χ3n) is 2.06. The summed E-state index contributed by atoms with van der Waals surface area (Å²) in [4.78, 5) is 11.4. The van der Waals surface area contributed by atoms with Crippen LogP contribution in [0.25, 0.3) is 0 Å². The van der Waals surface area contributed by atoms with Gasteiger partial charge >= 0.3 is 0 Å². The zero-order valence-corrected chi connectivity index (χ0v) is 9.27. The van der Waals surface area contributed by atoms with Crippen molar-refractivity contribution in [3.05, 3.63) is 11.8 Å². The second-order valence-electron chi connectivity index (χ2n) is 3.31. The molecule has 0 saturated carbocycles. The van der Waals surface area contributed by atoms with E-state index in [4.69, 9.17) is 10.9 Å². The first-order valence-electron chi connectivity index (χ1n) is 4.89. The lowest BCUT2D eigenvalue weighted by molar-refractivity contribution is -0.116. The van der Waals surface area contributed by atoms with Gasteiger partial charge in [0.1, 0.15) is 5.82 Å². The summed E-state index contributed by atoms with van der Waals surface area (Å²) in [7, 11) is 1.66. The topological polar surface area (TPSA) is 106 Å². The van der Waals surface area contributed by atoms with E-state index < -0.39 is 0 Å². The lowest BCUT2D eigenvalue weighted by atomic mass is 10.3. The third-order valence-corrected chi connectivity index (χ3v) is 2.06. The molecule has 0 radical (unpaired) electrons.